The van der Waals surface area contributed by atoms with Gasteiger partial charge in [0.25, 0.3) is 0 Å². The molecule has 1 rings (SSSR count). The van der Waals surface area contributed by atoms with Crippen LogP contribution in [0.2, 0.25) is 0 Å². The Morgan fingerprint density at radius 3 is 2.18 bits per heavy atom. The summed E-state index contributed by atoms with van der Waals surface area (Å²) in [6.07, 6.45) is -0.411. The monoisotopic (exact) mass is 535 g/mol. The van der Waals surface area contributed by atoms with Crippen molar-refractivity contribution >= 4 is 23.9 Å². The van der Waals surface area contributed by atoms with Crippen molar-refractivity contribution in [3.8, 4) is 0 Å². The minimum atomic E-state index is -1.35. The van der Waals surface area contributed by atoms with Gasteiger partial charge in [0.05, 0.1) is 19.6 Å². The number of hydrogen-bond acceptors (Lipinski definition) is 7. The topological polar surface area (TPSA) is 134 Å². The van der Waals surface area contributed by atoms with Crippen LogP contribution in [0.3, 0.4) is 0 Å². The predicted molar refractivity (Wildman–Crippen MR) is 144 cm³/mol. The van der Waals surface area contributed by atoms with Gasteiger partial charge in [0.1, 0.15) is 17.7 Å². The minimum absolute atomic E-state index is 0.0211. The van der Waals surface area contributed by atoms with E-state index in [1.54, 1.807) is 33.8 Å². The number of amides is 3. The van der Waals surface area contributed by atoms with Gasteiger partial charge in [-0.25, -0.2) is 4.79 Å². The molecule has 0 aliphatic carbocycles. The van der Waals surface area contributed by atoms with E-state index in [4.69, 9.17) is 9.47 Å². The highest BCUT2D eigenvalue weighted by atomic mass is 16.6. The summed E-state index contributed by atoms with van der Waals surface area (Å²) < 4.78 is 10.2. The number of alkyl carbamates (subject to hydrolysis) is 1. The Bertz CT molecular complexity index is 985. The second kappa shape index (κ2) is 14.1. The molecule has 0 aliphatic rings. The molecule has 0 aromatic heterocycles. The number of esters is 1. The van der Waals surface area contributed by atoms with E-state index in [-0.39, 0.29) is 19.6 Å². The number of nitrogens with zero attached hydrogens (tertiary/aromatic N) is 1. The SMILES string of the molecule is CCOC(=O)CCNC(=O)C(c1ccc(C)cc1C)N(C(=O)C(CO)NC(=O)OC(C)(C)C)C(C)(C)CC. The van der Waals surface area contributed by atoms with E-state index in [9.17, 15) is 24.3 Å². The van der Waals surface area contributed by atoms with Crippen LogP contribution in [0, 0.1) is 13.8 Å². The first-order valence-corrected chi connectivity index (χ1v) is 13.0. The summed E-state index contributed by atoms with van der Waals surface area (Å²) >= 11 is 0. The standard InChI is InChI=1S/C28H45N3O7/c1-10-28(8,9)31(25(35)21(17-32)30-26(36)38-27(5,6)7)23(20-13-12-18(3)16-19(20)4)24(34)29-15-14-22(33)37-11-2/h12-13,16,21,23,32H,10-11,14-15,17H2,1-9H3,(H,29,34)(H,30,36). The molecule has 38 heavy (non-hydrogen) atoms. The van der Waals surface area contributed by atoms with Crippen molar-refractivity contribution in [1.29, 1.82) is 0 Å². The van der Waals surface area contributed by atoms with Crippen molar-refractivity contribution in [2.24, 2.45) is 0 Å². The molecule has 0 saturated heterocycles. The maximum atomic E-state index is 14.0. The number of nitrogens with one attached hydrogen (secondary N) is 2. The molecule has 10 nitrogen and oxygen atoms in total. The molecule has 3 amide bonds. The van der Waals surface area contributed by atoms with E-state index >= 15 is 0 Å². The van der Waals surface area contributed by atoms with Crippen molar-refractivity contribution in [2.75, 3.05) is 19.8 Å². The van der Waals surface area contributed by atoms with Gasteiger partial charge in [0.15, 0.2) is 0 Å². The average molecular weight is 536 g/mol. The quantitative estimate of drug-likeness (QED) is 0.350. The lowest BCUT2D eigenvalue weighted by Crippen LogP contribution is -2.60. The van der Waals surface area contributed by atoms with E-state index in [2.05, 4.69) is 10.6 Å². The molecular weight excluding hydrogens is 490 g/mol. The van der Waals surface area contributed by atoms with Crippen LogP contribution in [0.25, 0.3) is 0 Å². The molecule has 0 saturated carbocycles. The molecule has 0 aliphatic heterocycles. The van der Waals surface area contributed by atoms with Crippen LogP contribution in [-0.4, -0.2) is 70.8 Å². The van der Waals surface area contributed by atoms with Gasteiger partial charge in [-0.05, 0) is 72.9 Å². The first kappa shape index (κ1) is 32.9. The van der Waals surface area contributed by atoms with E-state index in [1.807, 2.05) is 46.8 Å². The van der Waals surface area contributed by atoms with Gasteiger partial charge < -0.3 is 30.1 Å². The third kappa shape index (κ3) is 9.63. The van der Waals surface area contributed by atoms with Crippen LogP contribution in [0.4, 0.5) is 4.79 Å². The Balaban J connectivity index is 3.53. The summed E-state index contributed by atoms with van der Waals surface area (Å²) in [5.41, 5.74) is 0.699. The van der Waals surface area contributed by atoms with Crippen molar-refractivity contribution < 1.29 is 33.8 Å². The number of aliphatic hydroxyl groups excluding tert-OH is 1. The van der Waals surface area contributed by atoms with Crippen LogP contribution in [-0.2, 0) is 23.9 Å². The number of aliphatic hydroxyl groups is 1. The Kier molecular flexibility index (Phi) is 12.2. The highest BCUT2D eigenvalue weighted by Crippen LogP contribution is 2.34. The highest BCUT2D eigenvalue weighted by molar-refractivity contribution is 5.93. The van der Waals surface area contributed by atoms with Crippen LogP contribution in [0.5, 0.6) is 0 Å². The zero-order valence-electron chi connectivity index (χ0n) is 24.3. The molecule has 1 aromatic rings. The summed E-state index contributed by atoms with van der Waals surface area (Å²) in [5.74, 6) is -1.58. The number of rotatable bonds is 12. The number of carbonyl (C=O) groups excluding carboxylic acids is 4. The lowest BCUT2D eigenvalue weighted by Gasteiger charge is -2.44. The Hall–Kier alpha value is -3.14. The van der Waals surface area contributed by atoms with Gasteiger partial charge in [-0.15, -0.1) is 0 Å². The average Bonchev–Trinajstić information content (AvgIpc) is 2.79. The molecule has 2 unspecified atom stereocenters. The summed E-state index contributed by atoms with van der Waals surface area (Å²) in [5, 5.41) is 15.3. The lowest BCUT2D eigenvalue weighted by atomic mass is 9.90. The van der Waals surface area contributed by atoms with Gasteiger partial charge in [0.2, 0.25) is 11.8 Å². The fourth-order valence-corrected chi connectivity index (χ4v) is 3.90. The van der Waals surface area contributed by atoms with E-state index in [0.717, 1.165) is 11.1 Å². The molecule has 3 N–H and O–H groups in total. The first-order valence-electron chi connectivity index (χ1n) is 13.0. The van der Waals surface area contributed by atoms with Gasteiger partial charge in [0, 0.05) is 12.1 Å². The van der Waals surface area contributed by atoms with Gasteiger partial charge in [-0.1, -0.05) is 30.7 Å². The normalized spacial score (nSPS) is 13.2. The fraction of sp³-hybridized carbons (Fsp3) is 0.643. The zero-order valence-corrected chi connectivity index (χ0v) is 24.3. The first-order chi connectivity index (χ1) is 17.6. The van der Waals surface area contributed by atoms with Crippen LogP contribution < -0.4 is 10.6 Å². The smallest absolute Gasteiger partial charge is 0.408 e. The minimum Gasteiger partial charge on any atom is -0.466 e. The van der Waals surface area contributed by atoms with Gasteiger partial charge in [-0.2, -0.15) is 0 Å². The van der Waals surface area contributed by atoms with E-state index in [1.165, 1.54) is 4.90 Å². The number of ether oxygens (including phenoxy) is 2. The number of benzene rings is 1. The number of hydrogen-bond donors (Lipinski definition) is 3. The molecule has 214 valence electrons. The summed E-state index contributed by atoms with van der Waals surface area (Å²) in [4.78, 5) is 53.4. The summed E-state index contributed by atoms with van der Waals surface area (Å²) in [7, 11) is 0. The van der Waals surface area contributed by atoms with Crippen molar-refractivity contribution in [3.05, 3.63) is 34.9 Å². The molecule has 0 heterocycles. The summed E-state index contributed by atoms with van der Waals surface area (Å²) in [6.45, 7) is 15.6. The predicted octanol–water partition coefficient (Wildman–Crippen LogP) is 3.32. The second-order valence-corrected chi connectivity index (χ2v) is 10.9. The zero-order chi connectivity index (χ0) is 29.3. The third-order valence-corrected chi connectivity index (χ3v) is 6.09. The van der Waals surface area contributed by atoms with E-state index in [0.29, 0.717) is 12.0 Å². The largest absolute Gasteiger partial charge is 0.466 e. The Morgan fingerprint density at radius 2 is 1.68 bits per heavy atom. The number of carbonyl (C=O) groups is 4. The maximum absolute atomic E-state index is 14.0. The van der Waals surface area contributed by atoms with Crippen molar-refractivity contribution in [3.63, 3.8) is 0 Å². The summed E-state index contributed by atoms with van der Waals surface area (Å²) in [6, 6.07) is 3.11. The molecule has 0 bridgehead atoms. The van der Waals surface area contributed by atoms with Crippen molar-refractivity contribution in [1.82, 2.24) is 15.5 Å². The van der Waals surface area contributed by atoms with Crippen molar-refractivity contribution in [2.45, 2.75) is 98.4 Å². The molecule has 2 atom stereocenters. The number of aryl methyl sites for hydroxylation is 2. The molecule has 10 heteroatoms. The molecule has 0 fully saturated rings. The van der Waals surface area contributed by atoms with E-state index < -0.39 is 53.7 Å². The second-order valence-electron chi connectivity index (χ2n) is 10.9. The lowest BCUT2D eigenvalue weighted by molar-refractivity contribution is -0.150. The molecule has 0 radical (unpaired) electrons. The highest BCUT2D eigenvalue weighted by Gasteiger charge is 2.43. The molecule has 1 aromatic carbocycles. The fourth-order valence-electron chi connectivity index (χ4n) is 3.90. The van der Waals surface area contributed by atoms with Crippen LogP contribution in [0.1, 0.15) is 84.0 Å². The Morgan fingerprint density at radius 1 is 1.05 bits per heavy atom. The third-order valence-electron chi connectivity index (χ3n) is 6.09. The Labute approximate surface area is 226 Å². The maximum Gasteiger partial charge on any atom is 0.408 e. The molecule has 0 spiro atoms. The van der Waals surface area contributed by atoms with Gasteiger partial charge in [-0.3, -0.25) is 14.4 Å². The van der Waals surface area contributed by atoms with Crippen LogP contribution in [0.15, 0.2) is 18.2 Å². The van der Waals surface area contributed by atoms with Crippen LogP contribution >= 0.6 is 0 Å². The van der Waals surface area contributed by atoms with Gasteiger partial charge >= 0.3 is 12.1 Å². The molecular formula is C28H45N3O7.